The minimum absolute atomic E-state index is 0.182. The van der Waals surface area contributed by atoms with Crippen molar-refractivity contribution < 1.29 is 24.2 Å². The van der Waals surface area contributed by atoms with Crippen LogP contribution in [-0.2, 0) is 16.1 Å². The Labute approximate surface area is 119 Å². The van der Waals surface area contributed by atoms with E-state index in [9.17, 15) is 5.11 Å². The van der Waals surface area contributed by atoms with Gasteiger partial charge < -0.3 is 24.2 Å². The van der Waals surface area contributed by atoms with Crippen LogP contribution in [-0.4, -0.2) is 47.3 Å². The van der Waals surface area contributed by atoms with Crippen molar-refractivity contribution in [1.29, 1.82) is 0 Å². The summed E-state index contributed by atoms with van der Waals surface area (Å²) in [6.45, 7) is 1.66. The highest BCUT2D eigenvalue weighted by atomic mass is 32.1. The van der Waals surface area contributed by atoms with Crippen molar-refractivity contribution in [2.75, 3.05) is 20.3 Å². The van der Waals surface area contributed by atoms with Crippen molar-refractivity contribution in [1.82, 2.24) is 0 Å². The van der Waals surface area contributed by atoms with E-state index in [1.54, 1.807) is 0 Å². The van der Waals surface area contributed by atoms with Gasteiger partial charge in [0.15, 0.2) is 0 Å². The highest BCUT2D eigenvalue weighted by Crippen LogP contribution is 2.13. The standard InChI is InChI=1S/C12H16O3.CH4O.H2OS/c13-11-6-7-14-9-12(11)15-8-10-4-2-1-3-5-10;2*1-2/h1-5,11-13H,6-9H2;2H,1H3;1-2H/t11-,12+;;/m0../s1. The van der Waals surface area contributed by atoms with Gasteiger partial charge in [-0.25, -0.2) is 0 Å². The van der Waals surface area contributed by atoms with Gasteiger partial charge in [-0.3, -0.25) is 0 Å². The first kappa shape index (κ1) is 18.4. The monoisotopic (exact) mass is 290 g/mol. The Kier molecular flexibility index (Phi) is 12.0. The molecule has 0 radical (unpaired) electrons. The van der Waals surface area contributed by atoms with Gasteiger partial charge in [-0.15, -0.1) is 0 Å². The summed E-state index contributed by atoms with van der Waals surface area (Å²) in [6, 6.07) is 9.95. The molecule has 6 heteroatoms. The van der Waals surface area contributed by atoms with Crippen molar-refractivity contribution in [3.05, 3.63) is 35.9 Å². The fourth-order valence-corrected chi connectivity index (χ4v) is 1.64. The maximum Gasteiger partial charge on any atom is 0.107 e. The molecule has 0 bridgehead atoms. The molecule has 3 N–H and O–H groups in total. The summed E-state index contributed by atoms with van der Waals surface area (Å²) in [5.41, 5.74) is 1.12. The zero-order valence-corrected chi connectivity index (χ0v) is 11.9. The molecule has 110 valence electrons. The third-order valence-corrected chi connectivity index (χ3v) is 2.58. The van der Waals surface area contributed by atoms with E-state index in [0.29, 0.717) is 26.2 Å². The second-order valence-electron chi connectivity index (χ2n) is 3.77. The molecule has 0 amide bonds. The van der Waals surface area contributed by atoms with Gasteiger partial charge in [0.05, 0.1) is 19.3 Å². The van der Waals surface area contributed by atoms with Crippen LogP contribution < -0.4 is 0 Å². The largest absolute Gasteiger partial charge is 0.400 e. The summed E-state index contributed by atoms with van der Waals surface area (Å²) in [4.78, 5) is 0. The zero-order valence-electron chi connectivity index (χ0n) is 11.0. The lowest BCUT2D eigenvalue weighted by Crippen LogP contribution is -2.38. The van der Waals surface area contributed by atoms with Crippen molar-refractivity contribution in [2.45, 2.75) is 25.2 Å². The van der Waals surface area contributed by atoms with Crippen LogP contribution in [0.4, 0.5) is 0 Å². The second-order valence-corrected chi connectivity index (χ2v) is 3.77. The molecule has 1 saturated heterocycles. The topological polar surface area (TPSA) is 79.2 Å². The van der Waals surface area contributed by atoms with E-state index in [0.717, 1.165) is 12.7 Å². The molecular formula is C13H22O5S. The smallest absolute Gasteiger partial charge is 0.107 e. The number of aliphatic hydroxyl groups is 2. The number of benzene rings is 1. The molecular weight excluding hydrogens is 268 g/mol. The molecule has 0 aromatic heterocycles. The molecule has 1 heterocycles. The van der Waals surface area contributed by atoms with E-state index in [-0.39, 0.29) is 12.2 Å². The number of rotatable bonds is 3. The highest BCUT2D eigenvalue weighted by molar-refractivity contribution is 7.74. The molecule has 1 aliphatic heterocycles. The van der Waals surface area contributed by atoms with Gasteiger partial charge in [-0.1, -0.05) is 30.3 Å². The molecule has 0 unspecified atom stereocenters. The Morgan fingerprint density at radius 1 is 1.26 bits per heavy atom. The van der Waals surface area contributed by atoms with Gasteiger partial charge in [-0.2, -0.15) is 0 Å². The highest BCUT2D eigenvalue weighted by Gasteiger charge is 2.24. The quantitative estimate of drug-likeness (QED) is 0.499. The van der Waals surface area contributed by atoms with E-state index < -0.39 is 0 Å². The lowest BCUT2D eigenvalue weighted by Gasteiger charge is -2.27. The number of thiol groups is 1. The third kappa shape index (κ3) is 7.51. The summed E-state index contributed by atoms with van der Waals surface area (Å²) >= 11 is 2.53. The van der Waals surface area contributed by atoms with Crippen molar-refractivity contribution in [3.8, 4) is 0 Å². The SMILES string of the molecule is CO.OS.O[C@H]1CCOC[C@H]1OCc1ccccc1. The van der Waals surface area contributed by atoms with Crippen molar-refractivity contribution >= 4 is 12.9 Å². The lowest BCUT2D eigenvalue weighted by molar-refractivity contribution is -0.122. The molecule has 0 saturated carbocycles. The number of hydrogen-bond acceptors (Lipinski definition) is 6. The van der Waals surface area contributed by atoms with Gasteiger partial charge in [-0.05, 0) is 24.9 Å². The molecule has 1 fully saturated rings. The summed E-state index contributed by atoms with van der Waals surface area (Å²) in [6.07, 6.45) is 0.0980. The van der Waals surface area contributed by atoms with E-state index in [4.69, 9.17) is 19.1 Å². The van der Waals surface area contributed by atoms with Crippen LogP contribution in [0.25, 0.3) is 0 Å². The van der Waals surface area contributed by atoms with Crippen LogP contribution in [0.2, 0.25) is 0 Å². The third-order valence-electron chi connectivity index (χ3n) is 2.58. The first-order valence-corrected chi connectivity index (χ1v) is 6.32. The lowest BCUT2D eigenvalue weighted by atomic mass is 10.1. The molecule has 19 heavy (non-hydrogen) atoms. The van der Waals surface area contributed by atoms with Crippen LogP contribution in [0.1, 0.15) is 12.0 Å². The molecule has 2 rings (SSSR count). The van der Waals surface area contributed by atoms with E-state index in [1.807, 2.05) is 30.3 Å². The normalized spacial score (nSPS) is 21.5. The van der Waals surface area contributed by atoms with Gasteiger partial charge >= 0.3 is 0 Å². The minimum atomic E-state index is -0.387. The summed E-state index contributed by atoms with van der Waals surface area (Å²) in [5, 5.41) is 16.6. The molecule has 1 aromatic carbocycles. The van der Waals surface area contributed by atoms with Crippen LogP contribution in [0.5, 0.6) is 0 Å². The maximum atomic E-state index is 9.64. The number of ether oxygens (including phenoxy) is 2. The molecule has 5 nitrogen and oxygen atoms in total. The predicted molar refractivity (Wildman–Crippen MR) is 76.2 cm³/mol. The minimum Gasteiger partial charge on any atom is -0.400 e. The molecule has 1 aliphatic rings. The maximum absolute atomic E-state index is 9.64. The average Bonchev–Trinajstić information content (AvgIpc) is 2.52. The zero-order chi connectivity index (χ0) is 14.5. The fraction of sp³-hybridized carbons (Fsp3) is 0.538. The Balaban J connectivity index is 0.000000741. The summed E-state index contributed by atoms with van der Waals surface area (Å²) in [5.74, 6) is 0. The van der Waals surface area contributed by atoms with E-state index in [2.05, 4.69) is 12.9 Å². The van der Waals surface area contributed by atoms with Gasteiger partial charge in [0.25, 0.3) is 0 Å². The Hall–Kier alpha value is -0.630. The van der Waals surface area contributed by atoms with E-state index in [1.165, 1.54) is 0 Å². The van der Waals surface area contributed by atoms with Gasteiger partial charge in [0.2, 0.25) is 0 Å². The van der Waals surface area contributed by atoms with Crippen molar-refractivity contribution in [3.63, 3.8) is 0 Å². The first-order chi connectivity index (χ1) is 9.36. The van der Waals surface area contributed by atoms with Crippen LogP contribution >= 0.6 is 12.9 Å². The first-order valence-electron chi connectivity index (χ1n) is 5.92. The second kappa shape index (κ2) is 12.4. The van der Waals surface area contributed by atoms with Crippen LogP contribution in [0.15, 0.2) is 30.3 Å². The van der Waals surface area contributed by atoms with E-state index >= 15 is 0 Å². The fourth-order valence-electron chi connectivity index (χ4n) is 1.64. The molecule has 1 aromatic rings. The molecule has 2 atom stereocenters. The molecule has 0 spiro atoms. The van der Waals surface area contributed by atoms with Gasteiger partial charge in [0.1, 0.15) is 6.10 Å². The average molecular weight is 290 g/mol. The van der Waals surface area contributed by atoms with Crippen LogP contribution in [0, 0.1) is 0 Å². The van der Waals surface area contributed by atoms with Crippen molar-refractivity contribution in [2.24, 2.45) is 0 Å². The summed E-state index contributed by atoms with van der Waals surface area (Å²) < 4.78 is 17.6. The Morgan fingerprint density at radius 2 is 1.89 bits per heavy atom. The predicted octanol–water partition coefficient (Wildman–Crippen LogP) is 1.35. The number of aliphatic hydroxyl groups excluding tert-OH is 2. The van der Waals surface area contributed by atoms with Crippen LogP contribution in [0.3, 0.4) is 0 Å². The Bertz CT molecular complexity index is 296. The molecule has 0 aliphatic carbocycles. The Morgan fingerprint density at radius 3 is 2.47 bits per heavy atom. The summed E-state index contributed by atoms with van der Waals surface area (Å²) in [7, 11) is 1.00. The number of hydrogen-bond donors (Lipinski definition) is 4. The van der Waals surface area contributed by atoms with Gasteiger partial charge in [0, 0.05) is 13.7 Å².